The van der Waals surface area contributed by atoms with Crippen LogP contribution in [0.2, 0.25) is 0 Å². The average Bonchev–Trinajstić information content (AvgIpc) is 2.91. The number of aromatic nitrogens is 1. The smallest absolute Gasteiger partial charge is 0.128 e. The van der Waals surface area contributed by atoms with Gasteiger partial charge in [0.15, 0.2) is 0 Å². The molecule has 96 valence electrons. The lowest BCUT2D eigenvalue weighted by Gasteiger charge is -2.18. The first-order valence-corrected chi connectivity index (χ1v) is 6.06. The third-order valence-electron chi connectivity index (χ3n) is 3.09. The SMILES string of the molecule is CNC(C)c1ccc(N(C)Cc2ccoc2)nc1. The maximum absolute atomic E-state index is 5.06. The lowest BCUT2D eigenvalue weighted by atomic mass is 10.1. The van der Waals surface area contributed by atoms with Crippen LogP contribution in [0.25, 0.3) is 0 Å². The molecule has 0 bridgehead atoms. The molecule has 2 rings (SSSR count). The Labute approximate surface area is 108 Å². The standard InChI is InChI=1S/C14H19N3O/c1-11(15-2)13-4-5-14(16-8-13)17(3)9-12-6-7-18-10-12/h4-8,10-11,15H,9H2,1-3H3. The highest BCUT2D eigenvalue weighted by Crippen LogP contribution is 2.16. The molecule has 0 aliphatic carbocycles. The summed E-state index contributed by atoms with van der Waals surface area (Å²) in [5, 5.41) is 3.20. The van der Waals surface area contributed by atoms with Gasteiger partial charge >= 0.3 is 0 Å². The molecule has 2 aromatic rings. The van der Waals surface area contributed by atoms with Gasteiger partial charge in [0.05, 0.1) is 12.5 Å². The Morgan fingerprint density at radius 3 is 2.78 bits per heavy atom. The van der Waals surface area contributed by atoms with Crippen molar-refractivity contribution in [1.29, 1.82) is 0 Å². The van der Waals surface area contributed by atoms with Crippen LogP contribution in [0.4, 0.5) is 5.82 Å². The van der Waals surface area contributed by atoms with Crippen LogP contribution in [0.3, 0.4) is 0 Å². The first-order chi connectivity index (χ1) is 8.70. The van der Waals surface area contributed by atoms with E-state index in [1.54, 1.807) is 12.5 Å². The molecule has 0 fully saturated rings. The van der Waals surface area contributed by atoms with Crippen molar-refractivity contribution in [3.63, 3.8) is 0 Å². The van der Waals surface area contributed by atoms with Crippen LogP contribution in [0.5, 0.6) is 0 Å². The molecule has 4 heteroatoms. The van der Waals surface area contributed by atoms with Crippen LogP contribution in [0.1, 0.15) is 24.1 Å². The molecule has 1 atom stereocenters. The summed E-state index contributed by atoms with van der Waals surface area (Å²) in [4.78, 5) is 6.58. The van der Waals surface area contributed by atoms with Crippen LogP contribution in [0.15, 0.2) is 41.3 Å². The fourth-order valence-corrected chi connectivity index (χ4v) is 1.78. The van der Waals surface area contributed by atoms with Crippen molar-refractivity contribution < 1.29 is 4.42 Å². The summed E-state index contributed by atoms with van der Waals surface area (Å²) in [6.07, 6.45) is 5.37. The van der Waals surface area contributed by atoms with E-state index in [9.17, 15) is 0 Å². The molecule has 0 spiro atoms. The van der Waals surface area contributed by atoms with Gasteiger partial charge in [0, 0.05) is 31.4 Å². The quantitative estimate of drug-likeness (QED) is 0.879. The van der Waals surface area contributed by atoms with Crippen molar-refractivity contribution in [3.8, 4) is 0 Å². The van der Waals surface area contributed by atoms with Gasteiger partial charge in [-0.2, -0.15) is 0 Å². The summed E-state index contributed by atoms with van der Waals surface area (Å²) >= 11 is 0. The molecule has 2 heterocycles. The van der Waals surface area contributed by atoms with Gasteiger partial charge in [0.1, 0.15) is 5.82 Å². The number of furan rings is 1. The van der Waals surface area contributed by atoms with Crippen molar-refractivity contribution >= 4 is 5.82 Å². The highest BCUT2D eigenvalue weighted by atomic mass is 16.3. The second-order valence-corrected chi connectivity index (χ2v) is 4.45. The summed E-state index contributed by atoms with van der Waals surface area (Å²) in [6.45, 7) is 2.91. The largest absolute Gasteiger partial charge is 0.472 e. The topological polar surface area (TPSA) is 41.3 Å². The van der Waals surface area contributed by atoms with Crippen molar-refractivity contribution in [3.05, 3.63) is 48.0 Å². The van der Waals surface area contributed by atoms with E-state index in [4.69, 9.17) is 4.42 Å². The molecule has 1 N–H and O–H groups in total. The van der Waals surface area contributed by atoms with Crippen LogP contribution in [-0.4, -0.2) is 19.1 Å². The summed E-state index contributed by atoms with van der Waals surface area (Å²) in [5.74, 6) is 0.961. The minimum atomic E-state index is 0.325. The average molecular weight is 245 g/mol. The maximum Gasteiger partial charge on any atom is 0.128 e. The molecule has 0 radical (unpaired) electrons. The fourth-order valence-electron chi connectivity index (χ4n) is 1.78. The predicted molar refractivity (Wildman–Crippen MR) is 72.5 cm³/mol. The van der Waals surface area contributed by atoms with Gasteiger partial charge in [0.25, 0.3) is 0 Å². The second-order valence-electron chi connectivity index (χ2n) is 4.45. The van der Waals surface area contributed by atoms with E-state index in [1.165, 1.54) is 5.56 Å². The Kier molecular flexibility index (Phi) is 3.99. The Balaban J connectivity index is 2.04. The summed E-state index contributed by atoms with van der Waals surface area (Å²) in [5.41, 5.74) is 2.34. The third-order valence-corrected chi connectivity index (χ3v) is 3.09. The Morgan fingerprint density at radius 1 is 1.39 bits per heavy atom. The van der Waals surface area contributed by atoms with E-state index in [2.05, 4.69) is 28.2 Å². The van der Waals surface area contributed by atoms with Gasteiger partial charge in [-0.3, -0.25) is 0 Å². The molecule has 1 unspecified atom stereocenters. The molecule has 2 aromatic heterocycles. The van der Waals surface area contributed by atoms with Crippen molar-refractivity contribution in [2.75, 3.05) is 19.0 Å². The van der Waals surface area contributed by atoms with Gasteiger partial charge in [-0.1, -0.05) is 6.07 Å². The maximum atomic E-state index is 5.06. The number of hydrogen-bond donors (Lipinski definition) is 1. The molecular weight excluding hydrogens is 226 g/mol. The zero-order valence-electron chi connectivity index (χ0n) is 11.1. The van der Waals surface area contributed by atoms with E-state index < -0.39 is 0 Å². The predicted octanol–water partition coefficient (Wildman–Crippen LogP) is 2.59. The Bertz CT molecular complexity index is 464. The van der Waals surface area contributed by atoms with E-state index >= 15 is 0 Å². The molecule has 18 heavy (non-hydrogen) atoms. The van der Waals surface area contributed by atoms with E-state index in [0.29, 0.717) is 6.04 Å². The summed E-state index contributed by atoms with van der Waals surface area (Å²) in [7, 11) is 3.97. The Morgan fingerprint density at radius 2 is 2.22 bits per heavy atom. The summed E-state index contributed by atoms with van der Waals surface area (Å²) < 4.78 is 5.06. The molecule has 0 saturated carbocycles. The zero-order valence-corrected chi connectivity index (χ0v) is 11.1. The van der Waals surface area contributed by atoms with Gasteiger partial charge in [-0.05, 0) is 31.7 Å². The minimum Gasteiger partial charge on any atom is -0.472 e. The van der Waals surface area contributed by atoms with Gasteiger partial charge < -0.3 is 14.6 Å². The minimum absolute atomic E-state index is 0.325. The van der Waals surface area contributed by atoms with Gasteiger partial charge in [0.2, 0.25) is 0 Å². The number of hydrogen-bond acceptors (Lipinski definition) is 4. The number of nitrogens with one attached hydrogen (secondary N) is 1. The lowest BCUT2D eigenvalue weighted by molar-refractivity contribution is 0.563. The molecular formula is C14H19N3O. The normalized spacial score (nSPS) is 12.4. The van der Waals surface area contributed by atoms with Crippen LogP contribution in [0, 0.1) is 0 Å². The summed E-state index contributed by atoms with van der Waals surface area (Å²) in [6, 6.07) is 6.44. The number of anilines is 1. The first kappa shape index (κ1) is 12.6. The molecule has 0 saturated heterocycles. The highest BCUT2D eigenvalue weighted by Gasteiger charge is 2.06. The Hall–Kier alpha value is -1.81. The zero-order chi connectivity index (χ0) is 13.0. The third kappa shape index (κ3) is 2.90. The monoisotopic (exact) mass is 245 g/mol. The first-order valence-electron chi connectivity index (χ1n) is 6.06. The molecule has 0 aromatic carbocycles. The van der Waals surface area contributed by atoms with Crippen LogP contribution in [-0.2, 0) is 6.54 Å². The molecule has 0 amide bonds. The lowest BCUT2D eigenvalue weighted by Crippen LogP contribution is -2.18. The fraction of sp³-hybridized carbons (Fsp3) is 0.357. The van der Waals surface area contributed by atoms with Crippen molar-refractivity contribution in [2.24, 2.45) is 0 Å². The van der Waals surface area contributed by atoms with Crippen molar-refractivity contribution in [1.82, 2.24) is 10.3 Å². The number of nitrogens with zero attached hydrogens (tertiary/aromatic N) is 2. The molecule has 0 aliphatic rings. The number of rotatable bonds is 5. The van der Waals surface area contributed by atoms with Gasteiger partial charge in [-0.15, -0.1) is 0 Å². The van der Waals surface area contributed by atoms with Crippen molar-refractivity contribution in [2.45, 2.75) is 19.5 Å². The number of pyridine rings is 1. The molecule has 4 nitrogen and oxygen atoms in total. The second kappa shape index (κ2) is 5.69. The van der Waals surface area contributed by atoms with E-state index in [0.717, 1.165) is 17.9 Å². The molecule has 0 aliphatic heterocycles. The van der Waals surface area contributed by atoms with Gasteiger partial charge in [-0.25, -0.2) is 4.98 Å². The van der Waals surface area contributed by atoms with Crippen LogP contribution < -0.4 is 10.2 Å². The van der Waals surface area contributed by atoms with E-state index in [1.807, 2.05) is 32.4 Å². The highest BCUT2D eigenvalue weighted by molar-refractivity contribution is 5.39. The van der Waals surface area contributed by atoms with Crippen LogP contribution >= 0.6 is 0 Å². The van der Waals surface area contributed by atoms with E-state index in [-0.39, 0.29) is 0 Å².